The van der Waals surface area contributed by atoms with E-state index in [-0.39, 0.29) is 0 Å². The standard InChI is InChI=1S/C14H16N2/c1-2-7-13-11-16-10-9-15-14(16)8-4-3-6-12(13)5-1/h1-2,5,7,9-10H,3-4,6,8,11H2. The molecule has 0 spiro atoms. The van der Waals surface area contributed by atoms with E-state index in [9.17, 15) is 0 Å². The van der Waals surface area contributed by atoms with Crippen LogP contribution in [-0.4, -0.2) is 9.55 Å². The fraction of sp³-hybridized carbons (Fsp3) is 0.357. The van der Waals surface area contributed by atoms with E-state index in [4.69, 9.17) is 0 Å². The van der Waals surface area contributed by atoms with E-state index in [0.717, 1.165) is 13.0 Å². The van der Waals surface area contributed by atoms with Crippen LogP contribution >= 0.6 is 0 Å². The summed E-state index contributed by atoms with van der Waals surface area (Å²) in [4.78, 5) is 4.44. The van der Waals surface area contributed by atoms with Crippen molar-refractivity contribution in [3.8, 4) is 0 Å². The van der Waals surface area contributed by atoms with Crippen molar-refractivity contribution < 1.29 is 0 Å². The van der Waals surface area contributed by atoms with Crippen LogP contribution in [0.4, 0.5) is 0 Å². The molecule has 1 aliphatic heterocycles. The highest BCUT2D eigenvalue weighted by Gasteiger charge is 2.09. The highest BCUT2D eigenvalue weighted by atomic mass is 15.1. The number of imidazole rings is 1. The zero-order valence-corrected chi connectivity index (χ0v) is 9.39. The van der Waals surface area contributed by atoms with Gasteiger partial charge in [0.25, 0.3) is 0 Å². The van der Waals surface area contributed by atoms with Gasteiger partial charge in [-0.25, -0.2) is 4.98 Å². The summed E-state index contributed by atoms with van der Waals surface area (Å²) in [6, 6.07) is 8.78. The number of aryl methyl sites for hydroxylation is 2. The molecule has 0 amide bonds. The maximum Gasteiger partial charge on any atom is 0.108 e. The molecule has 0 bridgehead atoms. The van der Waals surface area contributed by atoms with Gasteiger partial charge in [-0.05, 0) is 30.4 Å². The Morgan fingerprint density at radius 3 is 2.75 bits per heavy atom. The largest absolute Gasteiger partial charge is 0.331 e. The van der Waals surface area contributed by atoms with Crippen LogP contribution in [0.3, 0.4) is 0 Å². The molecule has 3 rings (SSSR count). The topological polar surface area (TPSA) is 17.8 Å². The number of fused-ring (bicyclic) bond motifs is 2. The summed E-state index contributed by atoms with van der Waals surface area (Å²) in [6.45, 7) is 0.978. The Labute approximate surface area is 95.9 Å². The van der Waals surface area contributed by atoms with Crippen molar-refractivity contribution >= 4 is 0 Å². The Morgan fingerprint density at radius 1 is 1.00 bits per heavy atom. The van der Waals surface area contributed by atoms with Gasteiger partial charge < -0.3 is 4.57 Å². The number of hydrogen-bond donors (Lipinski definition) is 0. The molecule has 0 fully saturated rings. The van der Waals surface area contributed by atoms with E-state index < -0.39 is 0 Å². The van der Waals surface area contributed by atoms with E-state index in [1.54, 1.807) is 0 Å². The summed E-state index contributed by atoms with van der Waals surface area (Å²) in [5.74, 6) is 1.23. The number of rotatable bonds is 0. The molecule has 1 aliphatic rings. The minimum atomic E-state index is 0.978. The lowest BCUT2D eigenvalue weighted by molar-refractivity contribution is 0.680. The highest BCUT2D eigenvalue weighted by Crippen LogP contribution is 2.18. The minimum absolute atomic E-state index is 0.978. The zero-order chi connectivity index (χ0) is 10.8. The second-order valence-electron chi connectivity index (χ2n) is 4.45. The first-order valence-corrected chi connectivity index (χ1v) is 6.00. The zero-order valence-electron chi connectivity index (χ0n) is 9.39. The van der Waals surface area contributed by atoms with Crippen LogP contribution in [0.5, 0.6) is 0 Å². The molecular weight excluding hydrogens is 196 g/mol. The number of aromatic nitrogens is 2. The van der Waals surface area contributed by atoms with Crippen molar-refractivity contribution in [2.75, 3.05) is 0 Å². The van der Waals surface area contributed by atoms with Gasteiger partial charge in [0.15, 0.2) is 0 Å². The molecule has 82 valence electrons. The van der Waals surface area contributed by atoms with Gasteiger partial charge in [0.05, 0.1) is 0 Å². The predicted molar refractivity (Wildman–Crippen MR) is 64.4 cm³/mol. The maximum absolute atomic E-state index is 4.44. The molecule has 2 aromatic rings. The molecule has 0 aliphatic carbocycles. The summed E-state index contributed by atoms with van der Waals surface area (Å²) < 4.78 is 2.28. The molecule has 0 N–H and O–H groups in total. The second kappa shape index (κ2) is 4.12. The van der Waals surface area contributed by atoms with Gasteiger partial charge in [0.2, 0.25) is 0 Å². The van der Waals surface area contributed by atoms with Crippen LogP contribution < -0.4 is 0 Å². The van der Waals surface area contributed by atoms with Crippen molar-refractivity contribution in [3.05, 3.63) is 53.6 Å². The van der Waals surface area contributed by atoms with Gasteiger partial charge >= 0.3 is 0 Å². The SMILES string of the molecule is c1ccc2c(c1)CCCCc1nccn1C2. The van der Waals surface area contributed by atoms with Crippen LogP contribution in [0.25, 0.3) is 0 Å². The lowest BCUT2D eigenvalue weighted by atomic mass is 10.0. The molecule has 16 heavy (non-hydrogen) atoms. The Hall–Kier alpha value is -1.57. The molecule has 0 radical (unpaired) electrons. The van der Waals surface area contributed by atoms with Gasteiger partial charge in [0.1, 0.15) is 5.82 Å². The lowest BCUT2D eigenvalue weighted by Crippen LogP contribution is -2.04. The minimum Gasteiger partial charge on any atom is -0.331 e. The highest BCUT2D eigenvalue weighted by molar-refractivity contribution is 5.28. The Kier molecular flexibility index (Phi) is 2.49. The average molecular weight is 212 g/mol. The van der Waals surface area contributed by atoms with Crippen LogP contribution in [0.1, 0.15) is 29.8 Å². The molecule has 2 nitrogen and oxygen atoms in total. The molecular formula is C14H16N2. The first-order valence-electron chi connectivity index (χ1n) is 6.00. The Balaban J connectivity index is 2.02. The molecule has 0 unspecified atom stereocenters. The normalized spacial score (nSPS) is 15.5. The van der Waals surface area contributed by atoms with Crippen LogP contribution in [0.15, 0.2) is 36.7 Å². The predicted octanol–water partition coefficient (Wildman–Crippen LogP) is 2.81. The van der Waals surface area contributed by atoms with Crippen molar-refractivity contribution in [2.45, 2.75) is 32.2 Å². The molecule has 1 aromatic heterocycles. The molecule has 1 aromatic carbocycles. The Morgan fingerprint density at radius 2 is 1.81 bits per heavy atom. The van der Waals surface area contributed by atoms with Gasteiger partial charge in [-0.3, -0.25) is 0 Å². The Bertz CT molecular complexity index is 485. The molecule has 2 heteroatoms. The quantitative estimate of drug-likeness (QED) is 0.656. The second-order valence-corrected chi connectivity index (χ2v) is 4.45. The molecule has 0 atom stereocenters. The summed E-state index contributed by atoms with van der Waals surface area (Å²) in [5.41, 5.74) is 2.95. The molecule has 0 saturated heterocycles. The van der Waals surface area contributed by atoms with Gasteiger partial charge in [0, 0.05) is 25.4 Å². The van der Waals surface area contributed by atoms with Crippen LogP contribution in [0.2, 0.25) is 0 Å². The number of nitrogens with zero attached hydrogens (tertiary/aromatic N) is 2. The molecule has 2 heterocycles. The van der Waals surface area contributed by atoms with Gasteiger partial charge in [-0.15, -0.1) is 0 Å². The third-order valence-electron chi connectivity index (χ3n) is 3.36. The first-order chi connectivity index (χ1) is 7.93. The smallest absolute Gasteiger partial charge is 0.108 e. The average Bonchev–Trinajstić information content (AvgIpc) is 2.75. The van der Waals surface area contributed by atoms with E-state index in [2.05, 4.69) is 40.0 Å². The fourth-order valence-corrected chi connectivity index (χ4v) is 2.45. The number of benzene rings is 1. The van der Waals surface area contributed by atoms with Crippen molar-refractivity contribution in [1.82, 2.24) is 9.55 Å². The fourth-order valence-electron chi connectivity index (χ4n) is 2.45. The van der Waals surface area contributed by atoms with Crippen molar-refractivity contribution in [3.63, 3.8) is 0 Å². The van der Waals surface area contributed by atoms with Gasteiger partial charge in [-0.2, -0.15) is 0 Å². The van der Waals surface area contributed by atoms with Crippen molar-refractivity contribution in [1.29, 1.82) is 0 Å². The van der Waals surface area contributed by atoms with Gasteiger partial charge in [-0.1, -0.05) is 24.3 Å². The summed E-state index contributed by atoms with van der Waals surface area (Å²) in [6.07, 6.45) is 8.84. The summed E-state index contributed by atoms with van der Waals surface area (Å²) >= 11 is 0. The molecule has 0 saturated carbocycles. The maximum atomic E-state index is 4.44. The third-order valence-corrected chi connectivity index (χ3v) is 3.36. The van der Waals surface area contributed by atoms with Crippen molar-refractivity contribution in [2.24, 2.45) is 0 Å². The summed E-state index contributed by atoms with van der Waals surface area (Å²) in [7, 11) is 0. The first kappa shape index (κ1) is 9.64. The third kappa shape index (κ3) is 1.75. The van der Waals surface area contributed by atoms with E-state index in [0.29, 0.717) is 0 Å². The monoisotopic (exact) mass is 212 g/mol. The van der Waals surface area contributed by atoms with Crippen LogP contribution in [-0.2, 0) is 19.4 Å². The summed E-state index contributed by atoms with van der Waals surface area (Å²) in [5, 5.41) is 0. The number of hydrogen-bond acceptors (Lipinski definition) is 1. The van der Waals surface area contributed by atoms with E-state index in [1.807, 2.05) is 6.20 Å². The van der Waals surface area contributed by atoms with Crippen LogP contribution in [0, 0.1) is 0 Å². The van der Waals surface area contributed by atoms with E-state index >= 15 is 0 Å². The lowest BCUT2D eigenvalue weighted by Gasteiger charge is -2.09. The van der Waals surface area contributed by atoms with E-state index in [1.165, 1.54) is 36.2 Å².